The molecule has 0 radical (unpaired) electrons. The normalized spacial score (nSPS) is 11.5. The molecule has 0 aliphatic carbocycles. The minimum atomic E-state index is -4.03. The number of hydrogen-bond donors (Lipinski definition) is 0. The second kappa shape index (κ2) is 7.20. The Bertz CT molecular complexity index is 633. The number of hydrogen-bond acceptors (Lipinski definition) is 4. The third-order valence-corrected chi connectivity index (χ3v) is 4.20. The Labute approximate surface area is 128 Å². The number of likely N-dealkylation sites (N-methyl/N-ethyl adjacent to an activating group) is 1. The SMILES string of the molecule is CCOCCN(C)C(=O)c1cc(S(=O)(=O)Cl)cc(C)c1F. The van der Waals surface area contributed by atoms with E-state index in [2.05, 4.69) is 0 Å². The van der Waals surface area contributed by atoms with Gasteiger partial charge in [-0.3, -0.25) is 4.79 Å². The standard InChI is InChI=1S/C13H17ClFNO4S/c1-4-20-6-5-16(3)13(17)11-8-10(21(14,18)19)7-9(2)12(11)15/h7-8H,4-6H2,1-3H3. The number of rotatable bonds is 6. The van der Waals surface area contributed by atoms with Crippen LogP contribution < -0.4 is 0 Å². The highest BCUT2D eigenvalue weighted by Gasteiger charge is 2.22. The first kappa shape index (κ1) is 17.9. The van der Waals surface area contributed by atoms with Crippen LogP contribution in [0.4, 0.5) is 4.39 Å². The van der Waals surface area contributed by atoms with E-state index < -0.39 is 20.8 Å². The first-order valence-corrected chi connectivity index (χ1v) is 8.57. The van der Waals surface area contributed by atoms with Gasteiger partial charge < -0.3 is 9.64 Å². The van der Waals surface area contributed by atoms with Crippen LogP contribution >= 0.6 is 10.7 Å². The fraction of sp³-hybridized carbons (Fsp3) is 0.462. The van der Waals surface area contributed by atoms with Crippen LogP contribution in [0, 0.1) is 12.7 Å². The first-order chi connectivity index (χ1) is 9.68. The molecule has 0 fully saturated rings. The van der Waals surface area contributed by atoms with Crippen molar-refractivity contribution in [2.75, 3.05) is 26.8 Å². The molecule has 0 heterocycles. The van der Waals surface area contributed by atoms with Crippen molar-refractivity contribution in [2.24, 2.45) is 0 Å². The predicted octanol–water partition coefficient (Wildman–Crippen LogP) is 2.17. The smallest absolute Gasteiger partial charge is 0.261 e. The van der Waals surface area contributed by atoms with E-state index in [1.807, 2.05) is 6.92 Å². The van der Waals surface area contributed by atoms with Crippen molar-refractivity contribution in [2.45, 2.75) is 18.7 Å². The Kier molecular flexibility index (Phi) is 6.12. The van der Waals surface area contributed by atoms with Crippen molar-refractivity contribution in [3.8, 4) is 0 Å². The van der Waals surface area contributed by atoms with Crippen molar-refractivity contribution in [1.82, 2.24) is 4.90 Å². The summed E-state index contributed by atoms with van der Waals surface area (Å²) < 4.78 is 41.9. The Morgan fingerprint density at radius 3 is 2.57 bits per heavy atom. The lowest BCUT2D eigenvalue weighted by molar-refractivity contribution is 0.0705. The second-order valence-electron chi connectivity index (χ2n) is 4.46. The number of nitrogens with zero attached hydrogens (tertiary/aromatic N) is 1. The molecule has 118 valence electrons. The molecule has 0 spiro atoms. The molecule has 0 aliphatic heterocycles. The number of benzene rings is 1. The molecule has 21 heavy (non-hydrogen) atoms. The van der Waals surface area contributed by atoms with Crippen molar-refractivity contribution < 1.29 is 22.3 Å². The van der Waals surface area contributed by atoms with Gasteiger partial charge in [0.2, 0.25) is 0 Å². The Morgan fingerprint density at radius 1 is 1.43 bits per heavy atom. The molecule has 5 nitrogen and oxygen atoms in total. The summed E-state index contributed by atoms with van der Waals surface area (Å²) in [5.74, 6) is -1.38. The molecule has 1 aromatic carbocycles. The Morgan fingerprint density at radius 2 is 2.05 bits per heavy atom. The van der Waals surface area contributed by atoms with Crippen LogP contribution in [0.1, 0.15) is 22.8 Å². The number of halogens is 2. The largest absolute Gasteiger partial charge is 0.380 e. The number of carbonyl (C=O) groups excluding carboxylic acids is 1. The maximum Gasteiger partial charge on any atom is 0.261 e. The van der Waals surface area contributed by atoms with Gasteiger partial charge >= 0.3 is 0 Å². The van der Waals surface area contributed by atoms with Gasteiger partial charge in [-0.25, -0.2) is 12.8 Å². The van der Waals surface area contributed by atoms with Crippen molar-refractivity contribution >= 4 is 25.6 Å². The van der Waals surface area contributed by atoms with E-state index in [-0.39, 0.29) is 22.6 Å². The van der Waals surface area contributed by atoms with Crippen LogP contribution in [0.15, 0.2) is 17.0 Å². The van der Waals surface area contributed by atoms with E-state index in [1.165, 1.54) is 18.9 Å². The molecule has 0 N–H and O–H groups in total. The predicted molar refractivity (Wildman–Crippen MR) is 77.6 cm³/mol. The van der Waals surface area contributed by atoms with Gasteiger partial charge in [0.25, 0.3) is 15.0 Å². The highest BCUT2D eigenvalue weighted by Crippen LogP contribution is 2.23. The zero-order valence-electron chi connectivity index (χ0n) is 12.0. The minimum absolute atomic E-state index is 0.0401. The van der Waals surface area contributed by atoms with E-state index in [0.29, 0.717) is 13.2 Å². The summed E-state index contributed by atoms with van der Waals surface area (Å²) in [7, 11) is 2.70. The lowest BCUT2D eigenvalue weighted by Crippen LogP contribution is -2.31. The molecule has 0 saturated carbocycles. The van der Waals surface area contributed by atoms with Gasteiger partial charge in [0.05, 0.1) is 17.1 Å². The summed E-state index contributed by atoms with van der Waals surface area (Å²) in [6.07, 6.45) is 0. The molecule has 1 aromatic rings. The average Bonchev–Trinajstić information content (AvgIpc) is 2.39. The monoisotopic (exact) mass is 337 g/mol. The maximum atomic E-state index is 14.1. The lowest BCUT2D eigenvalue weighted by atomic mass is 10.1. The molecular weight excluding hydrogens is 321 g/mol. The van der Waals surface area contributed by atoms with Gasteiger partial charge in [-0.15, -0.1) is 0 Å². The van der Waals surface area contributed by atoms with E-state index >= 15 is 0 Å². The first-order valence-electron chi connectivity index (χ1n) is 6.26. The molecule has 0 aliphatic rings. The molecule has 1 rings (SSSR count). The van der Waals surface area contributed by atoms with E-state index in [0.717, 1.165) is 12.1 Å². The fourth-order valence-corrected chi connectivity index (χ4v) is 2.53. The fourth-order valence-electron chi connectivity index (χ4n) is 1.69. The average molecular weight is 338 g/mol. The van der Waals surface area contributed by atoms with Crippen molar-refractivity contribution in [3.63, 3.8) is 0 Å². The van der Waals surface area contributed by atoms with E-state index in [1.54, 1.807) is 0 Å². The third kappa shape index (κ3) is 4.66. The number of amides is 1. The van der Waals surface area contributed by atoms with Crippen molar-refractivity contribution in [1.29, 1.82) is 0 Å². The van der Waals surface area contributed by atoms with Crippen LogP contribution in [-0.4, -0.2) is 46.0 Å². The van der Waals surface area contributed by atoms with Gasteiger partial charge in [-0.05, 0) is 31.5 Å². The Balaban J connectivity index is 3.11. The Hall–Kier alpha value is -1.18. The van der Waals surface area contributed by atoms with Crippen LogP contribution in [0.2, 0.25) is 0 Å². The lowest BCUT2D eigenvalue weighted by Gasteiger charge is -2.18. The summed E-state index contributed by atoms with van der Waals surface area (Å²) in [5, 5.41) is 0. The van der Waals surface area contributed by atoms with Crippen molar-refractivity contribution in [3.05, 3.63) is 29.1 Å². The van der Waals surface area contributed by atoms with Crippen LogP contribution in [0.25, 0.3) is 0 Å². The molecule has 0 unspecified atom stereocenters. The van der Waals surface area contributed by atoms with Crippen LogP contribution in [0.5, 0.6) is 0 Å². The van der Waals surface area contributed by atoms with E-state index in [4.69, 9.17) is 15.4 Å². The highest BCUT2D eigenvalue weighted by molar-refractivity contribution is 8.13. The molecular formula is C13H17ClFNO4S. The van der Waals surface area contributed by atoms with Gasteiger partial charge in [-0.1, -0.05) is 0 Å². The molecule has 0 saturated heterocycles. The third-order valence-electron chi connectivity index (χ3n) is 2.86. The topological polar surface area (TPSA) is 63.7 Å². The molecule has 0 aromatic heterocycles. The van der Waals surface area contributed by atoms with Gasteiger partial charge in [0, 0.05) is 30.9 Å². The number of carbonyl (C=O) groups is 1. The molecule has 8 heteroatoms. The summed E-state index contributed by atoms with van der Waals surface area (Å²) in [6, 6.07) is 2.04. The molecule has 1 amide bonds. The minimum Gasteiger partial charge on any atom is -0.380 e. The zero-order chi connectivity index (χ0) is 16.2. The van der Waals surface area contributed by atoms with Gasteiger partial charge in [0.1, 0.15) is 5.82 Å². The summed E-state index contributed by atoms with van der Waals surface area (Å²) >= 11 is 0. The van der Waals surface area contributed by atoms with Crippen LogP contribution in [-0.2, 0) is 13.8 Å². The van der Waals surface area contributed by atoms with E-state index in [9.17, 15) is 17.6 Å². The number of aryl methyl sites for hydroxylation is 1. The summed E-state index contributed by atoms with van der Waals surface area (Å²) in [5.41, 5.74) is -0.286. The molecule has 0 bridgehead atoms. The zero-order valence-corrected chi connectivity index (χ0v) is 13.6. The quantitative estimate of drug-likeness (QED) is 0.589. The maximum absolute atomic E-state index is 14.1. The summed E-state index contributed by atoms with van der Waals surface area (Å²) in [4.78, 5) is 13.1. The van der Waals surface area contributed by atoms with Gasteiger partial charge in [0.15, 0.2) is 0 Å². The second-order valence-corrected chi connectivity index (χ2v) is 7.03. The highest BCUT2D eigenvalue weighted by atomic mass is 35.7. The summed E-state index contributed by atoms with van der Waals surface area (Å²) in [6.45, 7) is 4.28. The van der Waals surface area contributed by atoms with Crippen LogP contribution in [0.3, 0.4) is 0 Å². The van der Waals surface area contributed by atoms with Gasteiger partial charge in [-0.2, -0.15) is 0 Å². The molecule has 0 atom stereocenters. The number of ether oxygens (including phenoxy) is 1.